The lowest BCUT2D eigenvalue weighted by Crippen LogP contribution is -2.36. The summed E-state index contributed by atoms with van der Waals surface area (Å²) in [5.41, 5.74) is 2.86. The Morgan fingerprint density at radius 1 is 0.939 bits per heavy atom. The number of nitrogens with zero attached hydrogens (tertiary/aromatic N) is 1. The van der Waals surface area contributed by atoms with E-state index in [0.717, 1.165) is 69.2 Å². The third kappa shape index (κ3) is 4.39. The molecule has 2 aliphatic carbocycles. The van der Waals surface area contributed by atoms with Crippen molar-refractivity contribution < 1.29 is 18.7 Å². The molecule has 0 bridgehead atoms. The SMILES string of the molecule is O=CC1CCN(c2ccc([C@H]3c4ccc(O)cc4C(F)(F)C[C@H]3C3CCCCC3)cc2)CC1. The largest absolute Gasteiger partial charge is 0.508 e. The molecule has 33 heavy (non-hydrogen) atoms. The molecule has 1 saturated carbocycles. The van der Waals surface area contributed by atoms with E-state index in [-0.39, 0.29) is 35.5 Å². The predicted octanol–water partition coefficient (Wildman–Crippen LogP) is 6.63. The molecular formula is C28H33F2NO2. The molecule has 0 amide bonds. The van der Waals surface area contributed by atoms with Gasteiger partial charge in [-0.1, -0.05) is 50.3 Å². The monoisotopic (exact) mass is 453 g/mol. The van der Waals surface area contributed by atoms with E-state index in [1.807, 2.05) is 0 Å². The normalized spacial score (nSPS) is 26.1. The number of piperidine rings is 1. The van der Waals surface area contributed by atoms with Crippen LogP contribution in [0.4, 0.5) is 14.5 Å². The van der Waals surface area contributed by atoms with Gasteiger partial charge in [0.1, 0.15) is 12.0 Å². The van der Waals surface area contributed by atoms with E-state index in [1.54, 1.807) is 12.1 Å². The lowest BCUT2D eigenvalue weighted by atomic mass is 9.63. The standard InChI is InChI=1S/C28H33F2NO2/c29-28(30)17-25(20-4-2-1-3-5-20)27(24-11-10-23(33)16-26(24)28)21-6-8-22(9-7-21)31-14-12-19(18-32)13-15-31/h6-11,16,18-20,25,27,33H,1-5,12-15,17H2/t25-,27-/m0/s1. The Morgan fingerprint density at radius 3 is 2.30 bits per heavy atom. The van der Waals surface area contributed by atoms with Crippen LogP contribution in [0.5, 0.6) is 5.75 Å². The average Bonchev–Trinajstić information content (AvgIpc) is 2.85. The van der Waals surface area contributed by atoms with Crippen LogP contribution in [0.1, 0.15) is 74.0 Å². The summed E-state index contributed by atoms with van der Waals surface area (Å²) in [4.78, 5) is 13.4. The van der Waals surface area contributed by atoms with Gasteiger partial charge in [-0.15, -0.1) is 0 Å². The number of phenolic OH excluding ortho intramolecular Hbond substituents is 1. The van der Waals surface area contributed by atoms with E-state index in [4.69, 9.17) is 0 Å². The maximum Gasteiger partial charge on any atom is 0.274 e. The van der Waals surface area contributed by atoms with Gasteiger partial charge in [0.15, 0.2) is 0 Å². The second kappa shape index (κ2) is 9.08. The molecule has 3 nitrogen and oxygen atoms in total. The minimum absolute atomic E-state index is 0.0143. The molecule has 5 heteroatoms. The van der Waals surface area contributed by atoms with Gasteiger partial charge < -0.3 is 14.8 Å². The fraction of sp³-hybridized carbons (Fsp3) is 0.536. The fourth-order valence-electron chi connectivity index (χ4n) is 6.50. The third-order valence-corrected chi connectivity index (χ3v) is 8.29. The van der Waals surface area contributed by atoms with Crippen LogP contribution in [0.15, 0.2) is 42.5 Å². The van der Waals surface area contributed by atoms with E-state index in [9.17, 15) is 9.90 Å². The highest BCUT2D eigenvalue weighted by atomic mass is 19.3. The van der Waals surface area contributed by atoms with E-state index in [2.05, 4.69) is 29.2 Å². The van der Waals surface area contributed by atoms with Crippen molar-refractivity contribution >= 4 is 12.0 Å². The molecule has 2 aromatic rings. The molecular weight excluding hydrogens is 420 g/mol. The zero-order chi connectivity index (χ0) is 23.0. The number of hydrogen-bond acceptors (Lipinski definition) is 3. The highest BCUT2D eigenvalue weighted by Gasteiger charge is 2.48. The summed E-state index contributed by atoms with van der Waals surface area (Å²) in [5, 5.41) is 9.95. The maximum atomic E-state index is 15.3. The topological polar surface area (TPSA) is 40.5 Å². The zero-order valence-electron chi connectivity index (χ0n) is 19.1. The first-order valence-corrected chi connectivity index (χ1v) is 12.5. The van der Waals surface area contributed by atoms with Crippen molar-refractivity contribution in [1.82, 2.24) is 0 Å². The van der Waals surface area contributed by atoms with Crippen LogP contribution in [0.25, 0.3) is 0 Å². The van der Waals surface area contributed by atoms with E-state index >= 15 is 8.78 Å². The lowest BCUT2D eigenvalue weighted by molar-refractivity contribution is -0.111. The number of aldehydes is 1. The number of phenols is 1. The van der Waals surface area contributed by atoms with Crippen molar-refractivity contribution in [1.29, 1.82) is 0 Å². The molecule has 1 N–H and O–H groups in total. The first kappa shape index (κ1) is 22.4. The van der Waals surface area contributed by atoms with Gasteiger partial charge in [0.05, 0.1) is 0 Å². The van der Waals surface area contributed by atoms with Gasteiger partial charge in [-0.2, -0.15) is 0 Å². The van der Waals surface area contributed by atoms with Crippen molar-refractivity contribution in [2.24, 2.45) is 17.8 Å². The highest BCUT2D eigenvalue weighted by molar-refractivity contribution is 5.56. The van der Waals surface area contributed by atoms with Crippen molar-refractivity contribution in [2.75, 3.05) is 18.0 Å². The smallest absolute Gasteiger partial charge is 0.274 e. The van der Waals surface area contributed by atoms with E-state index < -0.39 is 5.92 Å². The predicted molar refractivity (Wildman–Crippen MR) is 126 cm³/mol. The Bertz CT molecular complexity index is 976. The Kier molecular flexibility index (Phi) is 6.15. The Balaban J connectivity index is 1.48. The minimum Gasteiger partial charge on any atom is -0.508 e. The Labute approximate surface area is 194 Å². The number of hydrogen-bond donors (Lipinski definition) is 1. The van der Waals surface area contributed by atoms with E-state index in [1.165, 1.54) is 12.5 Å². The fourth-order valence-corrected chi connectivity index (χ4v) is 6.50. The molecule has 1 saturated heterocycles. The number of alkyl halides is 2. The molecule has 3 aliphatic rings. The zero-order valence-corrected chi connectivity index (χ0v) is 19.1. The minimum atomic E-state index is -2.92. The summed E-state index contributed by atoms with van der Waals surface area (Å²) in [6.07, 6.45) is 8.16. The summed E-state index contributed by atoms with van der Waals surface area (Å²) < 4.78 is 30.6. The van der Waals surface area contributed by atoms with Crippen molar-refractivity contribution in [2.45, 2.75) is 63.2 Å². The Hall–Kier alpha value is -2.43. The molecule has 0 unspecified atom stereocenters. The van der Waals surface area contributed by atoms with Crippen LogP contribution in [0.3, 0.4) is 0 Å². The summed E-state index contributed by atoms with van der Waals surface area (Å²) in [6.45, 7) is 1.73. The van der Waals surface area contributed by atoms with Gasteiger partial charge >= 0.3 is 0 Å². The molecule has 0 aromatic heterocycles. The van der Waals surface area contributed by atoms with Crippen molar-refractivity contribution in [3.8, 4) is 5.75 Å². The molecule has 2 aromatic carbocycles. The van der Waals surface area contributed by atoms with Gasteiger partial charge in [-0.3, -0.25) is 0 Å². The van der Waals surface area contributed by atoms with E-state index in [0.29, 0.717) is 11.5 Å². The Morgan fingerprint density at radius 2 is 1.64 bits per heavy atom. The summed E-state index contributed by atoms with van der Waals surface area (Å²) in [5.74, 6) is -2.75. The van der Waals surface area contributed by atoms with Gasteiger partial charge in [0.25, 0.3) is 5.92 Å². The lowest BCUT2D eigenvalue weighted by Gasteiger charge is -2.43. The van der Waals surface area contributed by atoms with Crippen molar-refractivity contribution in [3.63, 3.8) is 0 Å². The summed E-state index contributed by atoms with van der Waals surface area (Å²) >= 11 is 0. The maximum absolute atomic E-state index is 15.3. The number of carbonyl (C=O) groups excluding carboxylic acids is 1. The van der Waals surface area contributed by atoms with Gasteiger partial charge in [-0.25, -0.2) is 8.78 Å². The number of rotatable bonds is 4. The molecule has 1 aliphatic heterocycles. The quantitative estimate of drug-likeness (QED) is 0.528. The number of anilines is 1. The van der Waals surface area contributed by atoms with Crippen LogP contribution in [0.2, 0.25) is 0 Å². The number of aromatic hydroxyl groups is 1. The van der Waals surface area contributed by atoms with Gasteiger partial charge in [0.2, 0.25) is 0 Å². The van der Waals surface area contributed by atoms with Crippen LogP contribution >= 0.6 is 0 Å². The van der Waals surface area contributed by atoms with Crippen LogP contribution in [0, 0.1) is 17.8 Å². The molecule has 0 radical (unpaired) electrons. The third-order valence-electron chi connectivity index (χ3n) is 8.29. The van der Waals surface area contributed by atoms with Gasteiger partial charge in [-0.05, 0) is 60.1 Å². The van der Waals surface area contributed by atoms with Crippen LogP contribution in [-0.2, 0) is 10.7 Å². The molecule has 0 spiro atoms. The first-order valence-electron chi connectivity index (χ1n) is 12.5. The summed E-state index contributed by atoms with van der Waals surface area (Å²) in [6, 6.07) is 13.0. The second-order valence-corrected chi connectivity index (χ2v) is 10.3. The van der Waals surface area contributed by atoms with Crippen LogP contribution < -0.4 is 4.90 Å². The second-order valence-electron chi connectivity index (χ2n) is 10.3. The number of halogens is 2. The summed E-state index contributed by atoms with van der Waals surface area (Å²) in [7, 11) is 0. The van der Waals surface area contributed by atoms with Crippen molar-refractivity contribution in [3.05, 3.63) is 59.2 Å². The average molecular weight is 454 g/mol. The van der Waals surface area contributed by atoms with Gasteiger partial charge in [0, 0.05) is 42.6 Å². The molecule has 2 fully saturated rings. The molecule has 1 heterocycles. The molecule has 176 valence electrons. The highest BCUT2D eigenvalue weighted by Crippen LogP contribution is 2.55. The van der Waals surface area contributed by atoms with Crippen LogP contribution in [-0.4, -0.2) is 24.5 Å². The first-order chi connectivity index (χ1) is 16.0. The number of carbonyl (C=O) groups is 1. The molecule has 2 atom stereocenters. The number of fused-ring (bicyclic) bond motifs is 1. The molecule has 5 rings (SSSR count). The number of benzene rings is 2.